The molecule has 0 aliphatic heterocycles. The van der Waals surface area contributed by atoms with Crippen LogP contribution in [0.15, 0.2) is 78.9 Å². The van der Waals surface area contributed by atoms with Crippen molar-refractivity contribution in [3.05, 3.63) is 113 Å². The van der Waals surface area contributed by atoms with Crippen molar-refractivity contribution in [1.82, 2.24) is 0 Å². The highest BCUT2D eigenvalue weighted by molar-refractivity contribution is 5.96. The van der Waals surface area contributed by atoms with Gasteiger partial charge in [-0.25, -0.2) is 8.78 Å². The van der Waals surface area contributed by atoms with Crippen LogP contribution in [0, 0.1) is 11.6 Å². The Morgan fingerprint density at radius 1 is 0.857 bits per heavy atom. The first-order chi connectivity index (χ1) is 13.4. The maximum Gasteiger partial charge on any atom is 0.237 e. The molecule has 0 radical (unpaired) electrons. The van der Waals surface area contributed by atoms with E-state index in [1.54, 1.807) is 24.3 Å². The number of amides is 1. The van der Waals surface area contributed by atoms with Crippen LogP contribution in [0.2, 0.25) is 0 Å². The number of rotatable bonds is 5. The highest BCUT2D eigenvalue weighted by atomic mass is 19.1. The predicted molar refractivity (Wildman–Crippen MR) is 108 cm³/mol. The molecule has 0 spiro atoms. The first-order valence-corrected chi connectivity index (χ1v) is 8.96. The number of primary amides is 1. The van der Waals surface area contributed by atoms with E-state index in [0.717, 1.165) is 11.1 Å². The largest absolute Gasteiger partial charge is 0.368 e. The number of benzene rings is 3. The van der Waals surface area contributed by atoms with E-state index in [9.17, 15) is 13.6 Å². The van der Waals surface area contributed by atoms with Gasteiger partial charge in [0, 0.05) is 0 Å². The topological polar surface area (TPSA) is 43.1 Å². The van der Waals surface area contributed by atoms with Gasteiger partial charge in [0.2, 0.25) is 5.91 Å². The van der Waals surface area contributed by atoms with Crippen molar-refractivity contribution in [2.24, 2.45) is 5.73 Å². The van der Waals surface area contributed by atoms with Gasteiger partial charge in [-0.1, -0.05) is 54.6 Å². The molecule has 4 heteroatoms. The van der Waals surface area contributed by atoms with E-state index in [-0.39, 0.29) is 0 Å². The summed E-state index contributed by atoms with van der Waals surface area (Å²) in [6.45, 7) is 3.85. The maximum atomic E-state index is 13.6. The SMILES string of the molecule is C/C=C(/C)c1ccccc1C(C(N)=O)(c1ccc(F)cc1)c1ccc(F)cc1. The fourth-order valence-corrected chi connectivity index (χ4v) is 3.60. The normalized spacial score (nSPS) is 12.1. The smallest absolute Gasteiger partial charge is 0.237 e. The molecule has 3 aromatic carbocycles. The molecule has 0 aromatic heterocycles. The van der Waals surface area contributed by atoms with E-state index >= 15 is 0 Å². The number of halogens is 2. The Bertz CT molecular complexity index is 976. The Labute approximate surface area is 163 Å². The minimum atomic E-state index is -1.40. The molecule has 0 saturated heterocycles. The summed E-state index contributed by atoms with van der Waals surface area (Å²) in [6.07, 6.45) is 1.94. The van der Waals surface area contributed by atoms with Crippen molar-refractivity contribution in [3.8, 4) is 0 Å². The number of nitrogens with two attached hydrogens (primary N) is 1. The summed E-state index contributed by atoms with van der Waals surface area (Å²) >= 11 is 0. The standard InChI is InChI=1S/C24H21F2NO/c1-3-16(2)21-6-4-5-7-22(21)24(23(27)28,17-8-12-19(25)13-9-17)18-10-14-20(26)15-11-18/h3-15H,1-2H3,(H2,27,28)/b16-3-. The third kappa shape index (κ3) is 3.22. The molecule has 0 heterocycles. The minimum absolute atomic E-state index is 0.417. The minimum Gasteiger partial charge on any atom is -0.368 e. The van der Waals surface area contributed by atoms with E-state index in [0.29, 0.717) is 16.7 Å². The van der Waals surface area contributed by atoms with E-state index in [4.69, 9.17) is 5.73 Å². The Morgan fingerprint density at radius 3 is 1.75 bits per heavy atom. The van der Waals surface area contributed by atoms with Gasteiger partial charge in [0.15, 0.2) is 0 Å². The molecule has 0 unspecified atom stereocenters. The molecule has 28 heavy (non-hydrogen) atoms. The zero-order valence-electron chi connectivity index (χ0n) is 15.7. The quantitative estimate of drug-likeness (QED) is 0.610. The monoisotopic (exact) mass is 377 g/mol. The second kappa shape index (κ2) is 7.77. The zero-order valence-corrected chi connectivity index (χ0v) is 15.7. The summed E-state index contributed by atoms with van der Waals surface area (Å²) < 4.78 is 27.2. The van der Waals surface area contributed by atoms with Crippen LogP contribution in [0.1, 0.15) is 36.1 Å². The third-order valence-corrected chi connectivity index (χ3v) is 5.11. The van der Waals surface area contributed by atoms with Crippen molar-refractivity contribution in [2.45, 2.75) is 19.3 Å². The van der Waals surface area contributed by atoms with E-state index < -0.39 is 23.0 Å². The van der Waals surface area contributed by atoms with E-state index in [1.165, 1.54) is 24.3 Å². The Morgan fingerprint density at radius 2 is 1.32 bits per heavy atom. The molecule has 0 bridgehead atoms. The first-order valence-electron chi connectivity index (χ1n) is 8.96. The molecule has 0 atom stereocenters. The Balaban J connectivity index is 2.46. The second-order valence-corrected chi connectivity index (χ2v) is 6.65. The van der Waals surface area contributed by atoms with Gasteiger partial charge in [0.25, 0.3) is 0 Å². The van der Waals surface area contributed by atoms with Crippen molar-refractivity contribution >= 4 is 11.5 Å². The molecule has 142 valence electrons. The van der Waals surface area contributed by atoms with Crippen LogP contribution in [0.25, 0.3) is 5.57 Å². The van der Waals surface area contributed by atoms with E-state index in [1.807, 2.05) is 44.2 Å². The van der Waals surface area contributed by atoms with Crippen LogP contribution >= 0.6 is 0 Å². The van der Waals surface area contributed by atoms with E-state index in [2.05, 4.69) is 0 Å². The lowest BCUT2D eigenvalue weighted by Gasteiger charge is -2.34. The van der Waals surface area contributed by atoms with Crippen LogP contribution in [0.3, 0.4) is 0 Å². The molecule has 3 aromatic rings. The van der Waals surface area contributed by atoms with Gasteiger partial charge in [0.1, 0.15) is 17.0 Å². The lowest BCUT2D eigenvalue weighted by atomic mass is 9.67. The van der Waals surface area contributed by atoms with Crippen LogP contribution < -0.4 is 5.73 Å². The van der Waals surface area contributed by atoms with Crippen molar-refractivity contribution in [3.63, 3.8) is 0 Å². The molecule has 0 aliphatic carbocycles. The summed E-state index contributed by atoms with van der Waals surface area (Å²) in [5, 5.41) is 0. The van der Waals surface area contributed by atoms with Gasteiger partial charge in [0.05, 0.1) is 0 Å². The predicted octanol–water partition coefficient (Wildman–Crippen LogP) is 5.21. The average molecular weight is 377 g/mol. The first kappa shape index (κ1) is 19.5. The molecule has 0 saturated carbocycles. The molecule has 0 fully saturated rings. The summed E-state index contributed by atoms with van der Waals surface area (Å²) in [4.78, 5) is 13.1. The lowest BCUT2D eigenvalue weighted by Crippen LogP contribution is -2.44. The number of allylic oxidation sites excluding steroid dienone is 2. The fourth-order valence-electron chi connectivity index (χ4n) is 3.60. The molecule has 2 N–H and O–H groups in total. The Kier molecular flexibility index (Phi) is 5.41. The average Bonchev–Trinajstić information content (AvgIpc) is 2.70. The van der Waals surface area contributed by atoms with Gasteiger partial charge in [-0.15, -0.1) is 0 Å². The van der Waals surface area contributed by atoms with Crippen LogP contribution in [0.5, 0.6) is 0 Å². The van der Waals surface area contributed by atoms with Crippen molar-refractivity contribution < 1.29 is 13.6 Å². The van der Waals surface area contributed by atoms with Gasteiger partial charge >= 0.3 is 0 Å². The summed E-state index contributed by atoms with van der Waals surface area (Å²) in [7, 11) is 0. The summed E-state index contributed by atoms with van der Waals surface area (Å²) in [6, 6.07) is 18.8. The Hall–Kier alpha value is -3.27. The number of carbonyl (C=O) groups is 1. The van der Waals surface area contributed by atoms with Crippen LogP contribution in [0.4, 0.5) is 8.78 Å². The zero-order chi connectivity index (χ0) is 20.3. The highest BCUT2D eigenvalue weighted by Gasteiger charge is 2.43. The van der Waals surface area contributed by atoms with Crippen LogP contribution in [-0.2, 0) is 10.2 Å². The fraction of sp³-hybridized carbons (Fsp3) is 0.125. The molecule has 3 rings (SSSR count). The van der Waals surface area contributed by atoms with Gasteiger partial charge in [-0.05, 0) is 65.9 Å². The summed E-state index contributed by atoms with van der Waals surface area (Å²) in [5.41, 5.74) is 8.12. The van der Waals surface area contributed by atoms with Crippen LogP contribution in [-0.4, -0.2) is 5.91 Å². The number of hydrogen-bond donors (Lipinski definition) is 1. The molecule has 1 amide bonds. The maximum absolute atomic E-state index is 13.6. The van der Waals surface area contributed by atoms with Gasteiger partial charge in [-0.3, -0.25) is 4.79 Å². The highest BCUT2D eigenvalue weighted by Crippen LogP contribution is 2.42. The lowest BCUT2D eigenvalue weighted by molar-refractivity contribution is -0.120. The number of carbonyl (C=O) groups excluding carboxylic acids is 1. The van der Waals surface area contributed by atoms with Gasteiger partial charge < -0.3 is 5.73 Å². The molecule has 0 aliphatic rings. The second-order valence-electron chi connectivity index (χ2n) is 6.65. The molecular formula is C24H21F2NO. The van der Waals surface area contributed by atoms with Crippen molar-refractivity contribution in [1.29, 1.82) is 0 Å². The third-order valence-electron chi connectivity index (χ3n) is 5.11. The molecular weight excluding hydrogens is 356 g/mol. The molecule has 2 nitrogen and oxygen atoms in total. The number of hydrogen-bond acceptors (Lipinski definition) is 1. The summed E-state index contributed by atoms with van der Waals surface area (Å²) in [5.74, 6) is -1.46. The van der Waals surface area contributed by atoms with Gasteiger partial charge in [-0.2, -0.15) is 0 Å². The van der Waals surface area contributed by atoms with Crippen molar-refractivity contribution in [2.75, 3.05) is 0 Å².